The molecule has 2 rings (SSSR count). The number of hydrogen-bond acceptors (Lipinski definition) is 3. The van der Waals surface area contributed by atoms with E-state index >= 15 is 0 Å². The second-order valence-corrected chi connectivity index (χ2v) is 4.29. The number of nitrogens with zero attached hydrogens (tertiary/aromatic N) is 2. The lowest BCUT2D eigenvalue weighted by Gasteiger charge is -2.19. The quantitative estimate of drug-likeness (QED) is 0.774. The maximum Gasteiger partial charge on any atom is 0.419 e. The Morgan fingerprint density at radius 1 is 1.38 bits per heavy atom. The van der Waals surface area contributed by atoms with Crippen LogP contribution in [0.2, 0.25) is 0 Å². The van der Waals surface area contributed by atoms with Crippen LogP contribution in [0.1, 0.15) is 18.5 Å². The molecule has 0 amide bonds. The Labute approximate surface area is 94.1 Å². The van der Waals surface area contributed by atoms with Crippen molar-refractivity contribution >= 4 is 11.1 Å². The number of aromatic nitrogens is 1. The second-order valence-electron chi connectivity index (χ2n) is 4.29. The molecule has 1 atom stereocenters. The number of oxazole rings is 1. The monoisotopic (exact) mass is 220 g/mol. The Bertz CT molecular complexity index is 566. The van der Waals surface area contributed by atoms with E-state index in [4.69, 9.17) is 4.42 Å². The van der Waals surface area contributed by atoms with Crippen molar-refractivity contribution in [1.82, 2.24) is 9.47 Å². The lowest BCUT2D eigenvalue weighted by molar-refractivity contribution is 0.321. The molecule has 0 saturated heterocycles. The summed E-state index contributed by atoms with van der Waals surface area (Å²) in [5.74, 6) is -0.315. The highest BCUT2D eigenvalue weighted by molar-refractivity contribution is 5.73. The number of rotatable bonds is 2. The first-order valence-electron chi connectivity index (χ1n) is 5.26. The molecule has 0 fully saturated rings. The Morgan fingerprint density at radius 2 is 2.06 bits per heavy atom. The van der Waals surface area contributed by atoms with Gasteiger partial charge in [0.1, 0.15) is 0 Å². The number of fused-ring (bicyclic) bond motifs is 1. The van der Waals surface area contributed by atoms with Gasteiger partial charge in [0, 0.05) is 13.1 Å². The van der Waals surface area contributed by atoms with Crippen molar-refractivity contribution < 1.29 is 4.42 Å². The van der Waals surface area contributed by atoms with Gasteiger partial charge in [0.05, 0.1) is 5.52 Å². The van der Waals surface area contributed by atoms with Gasteiger partial charge in [0.15, 0.2) is 5.58 Å². The van der Waals surface area contributed by atoms with Crippen LogP contribution in [0.15, 0.2) is 27.4 Å². The minimum absolute atomic E-state index is 0.314. The molecule has 0 aliphatic carbocycles. The molecule has 0 bridgehead atoms. The molecule has 2 aromatic rings. The van der Waals surface area contributed by atoms with E-state index in [1.165, 1.54) is 10.1 Å². The van der Waals surface area contributed by atoms with Crippen molar-refractivity contribution in [3.8, 4) is 0 Å². The van der Waals surface area contributed by atoms with Crippen molar-refractivity contribution in [3.05, 3.63) is 34.3 Å². The molecule has 16 heavy (non-hydrogen) atoms. The van der Waals surface area contributed by atoms with Crippen molar-refractivity contribution in [2.75, 3.05) is 14.1 Å². The minimum Gasteiger partial charge on any atom is -0.408 e. The zero-order chi connectivity index (χ0) is 11.9. The standard InChI is InChI=1S/C12H16N2O2/c1-8(13(2)3)9-5-6-11-10(7-9)14(4)12(15)16-11/h5-8H,1-4H3. The zero-order valence-corrected chi connectivity index (χ0v) is 10.0. The van der Waals surface area contributed by atoms with Crippen molar-refractivity contribution in [2.24, 2.45) is 7.05 Å². The highest BCUT2D eigenvalue weighted by atomic mass is 16.4. The van der Waals surface area contributed by atoms with Gasteiger partial charge in [0.2, 0.25) is 0 Å². The van der Waals surface area contributed by atoms with E-state index in [2.05, 4.69) is 11.8 Å². The van der Waals surface area contributed by atoms with E-state index in [-0.39, 0.29) is 5.76 Å². The summed E-state index contributed by atoms with van der Waals surface area (Å²) in [6.45, 7) is 2.12. The molecule has 0 N–H and O–H groups in total. The highest BCUT2D eigenvalue weighted by Crippen LogP contribution is 2.21. The molecule has 4 nitrogen and oxygen atoms in total. The van der Waals surface area contributed by atoms with Crippen molar-refractivity contribution in [1.29, 1.82) is 0 Å². The number of hydrogen-bond donors (Lipinski definition) is 0. The summed E-state index contributed by atoms with van der Waals surface area (Å²) in [4.78, 5) is 13.5. The summed E-state index contributed by atoms with van der Waals surface area (Å²) in [5, 5.41) is 0. The van der Waals surface area contributed by atoms with Gasteiger partial charge in [0.25, 0.3) is 0 Å². The van der Waals surface area contributed by atoms with Gasteiger partial charge >= 0.3 is 5.76 Å². The van der Waals surface area contributed by atoms with E-state index in [1.54, 1.807) is 7.05 Å². The second kappa shape index (κ2) is 3.79. The number of aryl methyl sites for hydroxylation is 1. The lowest BCUT2D eigenvalue weighted by Crippen LogP contribution is -2.16. The predicted molar refractivity (Wildman–Crippen MR) is 63.6 cm³/mol. The molecular formula is C12H16N2O2. The molecule has 86 valence electrons. The smallest absolute Gasteiger partial charge is 0.408 e. The Hall–Kier alpha value is -1.55. The van der Waals surface area contributed by atoms with Gasteiger partial charge in [-0.3, -0.25) is 4.57 Å². The predicted octanol–water partition coefficient (Wildman–Crippen LogP) is 1.75. The van der Waals surface area contributed by atoms with E-state index in [1.807, 2.05) is 32.3 Å². The molecule has 0 saturated carbocycles. The van der Waals surface area contributed by atoms with Crippen LogP contribution in [-0.4, -0.2) is 23.6 Å². The molecule has 4 heteroatoms. The zero-order valence-electron chi connectivity index (χ0n) is 10.0. The molecule has 1 aromatic heterocycles. The molecule has 0 radical (unpaired) electrons. The highest BCUT2D eigenvalue weighted by Gasteiger charge is 2.11. The topological polar surface area (TPSA) is 38.4 Å². The van der Waals surface area contributed by atoms with Crippen LogP contribution in [0.4, 0.5) is 0 Å². The van der Waals surface area contributed by atoms with Crippen molar-refractivity contribution in [2.45, 2.75) is 13.0 Å². The van der Waals surface area contributed by atoms with Crippen molar-refractivity contribution in [3.63, 3.8) is 0 Å². The Kier molecular flexibility index (Phi) is 2.59. The van der Waals surface area contributed by atoms with Crippen LogP contribution in [0.3, 0.4) is 0 Å². The first kappa shape index (κ1) is 11.0. The Morgan fingerprint density at radius 3 is 2.69 bits per heavy atom. The molecule has 1 aromatic carbocycles. The first-order valence-corrected chi connectivity index (χ1v) is 5.26. The van der Waals surface area contributed by atoms with E-state index in [0.29, 0.717) is 11.6 Å². The average molecular weight is 220 g/mol. The van der Waals surface area contributed by atoms with Crippen LogP contribution in [0, 0.1) is 0 Å². The fourth-order valence-corrected chi connectivity index (χ4v) is 1.70. The Balaban J connectivity index is 2.59. The van der Waals surface area contributed by atoms with Gasteiger partial charge in [-0.25, -0.2) is 4.79 Å². The summed E-state index contributed by atoms with van der Waals surface area (Å²) in [7, 11) is 5.78. The van der Waals surface area contributed by atoms with Crippen LogP contribution in [0.25, 0.3) is 11.1 Å². The molecule has 1 heterocycles. The summed E-state index contributed by atoms with van der Waals surface area (Å²) in [6.07, 6.45) is 0. The van der Waals surface area contributed by atoms with Gasteiger partial charge in [-0.1, -0.05) is 6.07 Å². The minimum atomic E-state index is -0.315. The van der Waals surface area contributed by atoms with E-state index in [9.17, 15) is 4.79 Å². The van der Waals surface area contributed by atoms with Gasteiger partial charge in [-0.15, -0.1) is 0 Å². The van der Waals surface area contributed by atoms with Crippen LogP contribution in [0.5, 0.6) is 0 Å². The fourth-order valence-electron chi connectivity index (χ4n) is 1.70. The van der Waals surface area contributed by atoms with E-state index < -0.39 is 0 Å². The van der Waals surface area contributed by atoms with Crippen LogP contribution >= 0.6 is 0 Å². The van der Waals surface area contributed by atoms with Gasteiger partial charge in [-0.2, -0.15) is 0 Å². The maximum atomic E-state index is 11.3. The van der Waals surface area contributed by atoms with Crippen LogP contribution in [-0.2, 0) is 7.05 Å². The normalized spacial score (nSPS) is 13.6. The molecule has 0 aliphatic rings. The molecule has 0 spiro atoms. The van der Waals surface area contributed by atoms with Gasteiger partial charge in [-0.05, 0) is 38.7 Å². The third-order valence-electron chi connectivity index (χ3n) is 3.07. The third kappa shape index (κ3) is 1.65. The largest absolute Gasteiger partial charge is 0.419 e. The molecular weight excluding hydrogens is 204 g/mol. The van der Waals surface area contributed by atoms with Gasteiger partial charge < -0.3 is 9.32 Å². The molecule has 0 aliphatic heterocycles. The third-order valence-corrected chi connectivity index (χ3v) is 3.07. The SMILES string of the molecule is CC(c1ccc2oc(=O)n(C)c2c1)N(C)C. The first-order chi connectivity index (χ1) is 7.50. The maximum absolute atomic E-state index is 11.3. The number of benzene rings is 1. The summed E-state index contributed by atoms with van der Waals surface area (Å²) < 4.78 is 6.62. The lowest BCUT2D eigenvalue weighted by atomic mass is 10.1. The fraction of sp³-hybridized carbons (Fsp3) is 0.417. The molecule has 1 unspecified atom stereocenters. The van der Waals surface area contributed by atoms with E-state index in [0.717, 1.165) is 5.52 Å². The average Bonchev–Trinajstić information content (AvgIpc) is 2.53. The summed E-state index contributed by atoms with van der Waals surface area (Å²) >= 11 is 0. The summed E-state index contributed by atoms with van der Waals surface area (Å²) in [6, 6.07) is 6.17. The summed E-state index contributed by atoms with van der Waals surface area (Å²) in [5.41, 5.74) is 2.66. The van der Waals surface area contributed by atoms with Crippen LogP contribution < -0.4 is 5.76 Å².